The van der Waals surface area contributed by atoms with Gasteiger partial charge in [0, 0.05) is 119 Å². The fourth-order valence-corrected chi connectivity index (χ4v) is 23.7. The van der Waals surface area contributed by atoms with Crippen molar-refractivity contribution >= 4 is 94.1 Å². The molecule has 2 atom stereocenters. The van der Waals surface area contributed by atoms with E-state index >= 15 is 0 Å². The summed E-state index contributed by atoms with van der Waals surface area (Å²) in [6.45, 7) is 13.6. The van der Waals surface area contributed by atoms with Crippen LogP contribution in [0.1, 0.15) is 95.5 Å². The van der Waals surface area contributed by atoms with Gasteiger partial charge in [0.1, 0.15) is 49.4 Å². The van der Waals surface area contributed by atoms with Crippen molar-refractivity contribution < 1.29 is 48.1 Å². The van der Waals surface area contributed by atoms with Crippen LogP contribution in [0.2, 0.25) is 0 Å². The minimum Gasteiger partial charge on any atom is -0.491 e. The van der Waals surface area contributed by atoms with E-state index in [0.29, 0.717) is 116 Å². The lowest BCUT2D eigenvalue weighted by Crippen LogP contribution is -2.40. The van der Waals surface area contributed by atoms with Gasteiger partial charge in [0.15, 0.2) is 0 Å². The Bertz CT molecular complexity index is 2240. The van der Waals surface area contributed by atoms with Crippen molar-refractivity contribution in [3.63, 3.8) is 0 Å². The third kappa shape index (κ3) is 16.1. The highest BCUT2D eigenvalue weighted by atomic mass is 32.2. The van der Waals surface area contributed by atoms with Gasteiger partial charge in [0.25, 0.3) is 0 Å². The highest BCUT2D eigenvalue weighted by Crippen LogP contribution is 2.53. The number of hydrogen-bond donors (Lipinski definition) is 2. The van der Waals surface area contributed by atoms with Crippen molar-refractivity contribution in [1.29, 1.82) is 0 Å². The average Bonchev–Trinajstić information content (AvgIpc) is 3.48. The molecule has 9 rings (SSSR count). The van der Waals surface area contributed by atoms with E-state index in [0.717, 1.165) is 102 Å². The van der Waals surface area contributed by atoms with Gasteiger partial charge in [-0.25, -0.2) is 0 Å². The minimum atomic E-state index is -0.712. The summed E-state index contributed by atoms with van der Waals surface area (Å²) in [5.74, 6) is 12.1. The summed E-state index contributed by atoms with van der Waals surface area (Å²) in [7, 11) is 0. The number of ether oxygens (including phenoxy) is 8. The van der Waals surface area contributed by atoms with Crippen LogP contribution in [0.4, 0.5) is 0 Å². The van der Waals surface area contributed by atoms with Gasteiger partial charge in [-0.15, -0.1) is 47.0 Å². The maximum absolute atomic E-state index is 12.7. The molecular formula is C60H80O10S8. The molecular weight excluding hydrogens is 1140 g/mol. The minimum absolute atomic E-state index is 0.0122. The van der Waals surface area contributed by atoms with E-state index in [4.69, 9.17) is 37.9 Å². The first-order valence-corrected chi connectivity index (χ1v) is 36.5. The molecule has 4 saturated heterocycles. The third-order valence-corrected chi connectivity index (χ3v) is 27.5. The van der Waals surface area contributed by atoms with Crippen molar-refractivity contribution in [2.24, 2.45) is 10.8 Å². The fraction of sp³-hybridized carbons (Fsp3) is 0.600. The van der Waals surface area contributed by atoms with Gasteiger partial charge in [-0.3, -0.25) is 0 Å². The van der Waals surface area contributed by atoms with Gasteiger partial charge < -0.3 is 48.1 Å². The summed E-state index contributed by atoms with van der Waals surface area (Å²) in [5.41, 5.74) is 10.2. The lowest BCUT2D eigenvalue weighted by Gasteiger charge is -2.42. The number of aliphatic hydroxyl groups excluding tert-OH is 2. The molecule has 4 aromatic carbocycles. The first-order valence-electron chi connectivity index (χ1n) is 27.7. The Morgan fingerprint density at radius 1 is 0.397 bits per heavy atom. The van der Waals surface area contributed by atoms with Crippen LogP contribution >= 0.6 is 94.1 Å². The molecule has 10 nitrogen and oxygen atoms in total. The lowest BCUT2D eigenvalue weighted by molar-refractivity contribution is 0.108. The average molecular weight is 1220 g/mol. The van der Waals surface area contributed by atoms with Crippen molar-refractivity contribution in [2.45, 2.75) is 74.8 Å². The Morgan fingerprint density at radius 3 is 0.936 bits per heavy atom. The standard InChI is InChI=1S/C60H80O10S8/c1-5-63-15-19-67-53-41-11-9-12-42(53)24-48-28-46(52(62)58-77-37-60(38-78-58)33-73-40-74-34-60)30-50(56(48)70-22-18-66-8-4)26-44-14-10-13-43(54(44)68-20-16-64-6-2)25-49-29-45(27-47(23-41)55(49)69-21-17-65-7-3)51(61)57-75-35-59(36-76-57)31-71-39-72-32-59/h9-14,27-30,51-52,57-58,61-62H,5-8,15-26,31-40H2,1-4H3. The highest BCUT2D eigenvalue weighted by Gasteiger charge is 2.42. The van der Waals surface area contributed by atoms with Crippen LogP contribution in [-0.2, 0) is 44.6 Å². The number of benzene rings is 4. The number of para-hydroxylation sites is 2. The molecule has 8 bridgehead atoms. The number of aliphatic hydroxyl groups is 2. The summed E-state index contributed by atoms with van der Waals surface area (Å²) in [4.78, 5) is 0. The number of thioether (sulfide) groups is 8. The van der Waals surface area contributed by atoms with Crippen molar-refractivity contribution in [3.8, 4) is 23.0 Å². The second-order valence-electron chi connectivity index (χ2n) is 20.5. The molecule has 2 N–H and O–H groups in total. The van der Waals surface area contributed by atoms with Gasteiger partial charge in [-0.2, -0.15) is 47.0 Å². The smallest absolute Gasteiger partial charge is 0.126 e. The van der Waals surface area contributed by atoms with E-state index in [1.807, 2.05) is 74.7 Å². The monoisotopic (exact) mass is 1220 g/mol. The zero-order valence-electron chi connectivity index (χ0n) is 45.9. The lowest BCUT2D eigenvalue weighted by atomic mass is 9.89. The Labute approximate surface area is 498 Å². The zero-order chi connectivity index (χ0) is 54.2. The van der Waals surface area contributed by atoms with Crippen LogP contribution in [-0.4, -0.2) is 155 Å². The highest BCUT2D eigenvalue weighted by molar-refractivity contribution is 8.19. The molecule has 4 aliphatic heterocycles. The largest absolute Gasteiger partial charge is 0.491 e. The van der Waals surface area contributed by atoms with Crippen LogP contribution in [0.25, 0.3) is 0 Å². The summed E-state index contributed by atoms with van der Waals surface area (Å²) >= 11 is 15.9. The zero-order valence-corrected chi connectivity index (χ0v) is 52.4. The molecule has 1 aliphatic carbocycles. The van der Waals surface area contributed by atoms with Crippen LogP contribution in [0.15, 0.2) is 60.7 Å². The van der Waals surface area contributed by atoms with Crippen molar-refractivity contribution in [2.75, 3.05) is 135 Å². The Hall–Kier alpha value is -1.36. The van der Waals surface area contributed by atoms with Crippen molar-refractivity contribution in [3.05, 3.63) is 116 Å². The normalized spacial score (nSPS) is 20.1. The number of rotatable bonds is 24. The van der Waals surface area contributed by atoms with Crippen LogP contribution in [0, 0.1) is 10.8 Å². The second-order valence-corrected chi connectivity index (χ2v) is 30.3. The molecule has 4 fully saturated rings. The Morgan fingerprint density at radius 2 is 0.667 bits per heavy atom. The topological polar surface area (TPSA) is 114 Å². The first-order chi connectivity index (χ1) is 38.2. The van der Waals surface area contributed by atoms with Crippen LogP contribution in [0.5, 0.6) is 23.0 Å². The van der Waals surface area contributed by atoms with Gasteiger partial charge in [-0.1, -0.05) is 36.4 Å². The molecule has 428 valence electrons. The van der Waals surface area contributed by atoms with E-state index in [1.165, 1.54) is 33.2 Å². The molecule has 4 aromatic rings. The van der Waals surface area contributed by atoms with E-state index in [1.54, 1.807) is 0 Å². The van der Waals surface area contributed by atoms with Gasteiger partial charge in [0.2, 0.25) is 0 Å². The van der Waals surface area contributed by atoms with Crippen molar-refractivity contribution in [1.82, 2.24) is 0 Å². The summed E-state index contributed by atoms with van der Waals surface area (Å²) in [5, 5.41) is 27.6. The quantitative estimate of drug-likeness (QED) is 0.0571. The third-order valence-electron chi connectivity index (χ3n) is 14.5. The molecule has 0 saturated carbocycles. The predicted octanol–water partition coefficient (Wildman–Crippen LogP) is 12.6. The predicted molar refractivity (Wildman–Crippen MR) is 337 cm³/mol. The SMILES string of the molecule is CCOCCOc1c2cccc1Cc1cc(C(O)C3SCC4(CSCSC4)CS3)cc(c1OCCOCC)Cc1cccc(c1OCCOCC)Cc1cc(C(O)C3SCC4(CSCSC4)CS3)cc(c1OCCOCC)C2. The molecule has 0 amide bonds. The second kappa shape index (κ2) is 31.0. The van der Waals surface area contributed by atoms with Crippen LogP contribution in [0.3, 0.4) is 0 Å². The molecule has 0 radical (unpaired) electrons. The summed E-state index contributed by atoms with van der Waals surface area (Å²) in [6.07, 6.45) is 0.488. The van der Waals surface area contributed by atoms with E-state index in [2.05, 4.69) is 108 Å². The summed E-state index contributed by atoms with van der Waals surface area (Å²) in [6, 6.07) is 21.7. The van der Waals surface area contributed by atoms with Gasteiger partial charge in [0.05, 0.1) is 47.8 Å². The number of fused-ring (bicyclic) bond motifs is 8. The maximum atomic E-state index is 12.7. The van der Waals surface area contributed by atoms with E-state index in [9.17, 15) is 10.2 Å². The Kier molecular flexibility index (Phi) is 24.3. The molecule has 2 spiro atoms. The Balaban J connectivity index is 1.19. The molecule has 2 unspecified atom stereocenters. The first kappa shape index (κ1) is 61.2. The molecule has 78 heavy (non-hydrogen) atoms. The fourth-order valence-electron chi connectivity index (χ4n) is 10.7. The van der Waals surface area contributed by atoms with E-state index < -0.39 is 12.2 Å². The molecule has 5 aliphatic rings. The summed E-state index contributed by atoms with van der Waals surface area (Å²) < 4.78 is 51.3. The number of hydrogen-bond acceptors (Lipinski definition) is 18. The maximum Gasteiger partial charge on any atom is 0.126 e. The van der Waals surface area contributed by atoms with Gasteiger partial charge in [-0.05, 0) is 108 Å². The molecule has 0 aromatic heterocycles. The van der Waals surface area contributed by atoms with E-state index in [-0.39, 0.29) is 9.16 Å². The molecule has 4 heterocycles. The van der Waals surface area contributed by atoms with Crippen LogP contribution < -0.4 is 18.9 Å². The van der Waals surface area contributed by atoms with Gasteiger partial charge >= 0.3 is 0 Å². The molecule has 18 heteroatoms.